The second kappa shape index (κ2) is 7.90. The first kappa shape index (κ1) is 15.7. The van der Waals surface area contributed by atoms with Gasteiger partial charge in [0.1, 0.15) is 0 Å². The lowest BCUT2D eigenvalue weighted by Crippen LogP contribution is -2.41. The molecule has 0 spiro atoms. The number of amides is 1. The number of benzene rings is 1. The molecule has 112 valence electrons. The zero-order chi connectivity index (χ0) is 15.1. The summed E-state index contributed by atoms with van der Waals surface area (Å²) in [6.07, 6.45) is 2.24. The summed E-state index contributed by atoms with van der Waals surface area (Å²) < 4.78 is 0. The fraction of sp³-hybridized carbons (Fsp3) is 0.375. The van der Waals surface area contributed by atoms with Gasteiger partial charge < -0.3 is 11.1 Å². The van der Waals surface area contributed by atoms with Crippen molar-refractivity contribution in [2.24, 2.45) is 5.73 Å². The highest BCUT2D eigenvalue weighted by Crippen LogP contribution is 2.08. The van der Waals surface area contributed by atoms with Crippen LogP contribution in [0.25, 0.3) is 0 Å². The van der Waals surface area contributed by atoms with Gasteiger partial charge in [-0.1, -0.05) is 30.3 Å². The van der Waals surface area contributed by atoms with Gasteiger partial charge >= 0.3 is 0 Å². The molecule has 0 bridgehead atoms. The molecule has 1 aromatic heterocycles. The summed E-state index contributed by atoms with van der Waals surface area (Å²) in [5.74, 6) is -0.0841. The van der Waals surface area contributed by atoms with Crippen LogP contribution in [0, 0.1) is 6.92 Å². The summed E-state index contributed by atoms with van der Waals surface area (Å²) in [4.78, 5) is 16.3. The van der Waals surface area contributed by atoms with Gasteiger partial charge in [-0.05, 0) is 25.3 Å². The van der Waals surface area contributed by atoms with Gasteiger partial charge in [0, 0.05) is 24.0 Å². The highest BCUT2D eigenvalue weighted by molar-refractivity contribution is 7.09. The third kappa shape index (κ3) is 5.28. The summed E-state index contributed by atoms with van der Waals surface area (Å²) in [6, 6.07) is 9.62. The van der Waals surface area contributed by atoms with Crippen molar-refractivity contribution in [3.63, 3.8) is 0 Å². The Bertz CT molecular complexity index is 568. The maximum atomic E-state index is 11.9. The first-order valence-electron chi connectivity index (χ1n) is 7.13. The molecular formula is C16H21N3OS. The molecule has 1 amide bonds. The third-order valence-corrected chi connectivity index (χ3v) is 4.25. The van der Waals surface area contributed by atoms with Crippen LogP contribution < -0.4 is 11.1 Å². The van der Waals surface area contributed by atoms with Crippen LogP contribution in [-0.2, 0) is 17.6 Å². The van der Waals surface area contributed by atoms with Crippen molar-refractivity contribution >= 4 is 17.2 Å². The predicted octanol–water partition coefficient (Wildman–Crippen LogP) is 2.07. The smallest absolute Gasteiger partial charge is 0.236 e. The van der Waals surface area contributed by atoms with Gasteiger partial charge in [-0.3, -0.25) is 4.79 Å². The van der Waals surface area contributed by atoms with Gasteiger partial charge in [0.15, 0.2) is 0 Å². The van der Waals surface area contributed by atoms with E-state index >= 15 is 0 Å². The summed E-state index contributed by atoms with van der Waals surface area (Å²) in [6.45, 7) is 2.56. The van der Waals surface area contributed by atoms with Crippen molar-refractivity contribution in [1.82, 2.24) is 10.3 Å². The van der Waals surface area contributed by atoms with Crippen LogP contribution in [0.2, 0.25) is 0 Å². The van der Waals surface area contributed by atoms with E-state index in [0.29, 0.717) is 13.0 Å². The van der Waals surface area contributed by atoms with Gasteiger partial charge in [-0.25, -0.2) is 4.98 Å². The summed E-state index contributed by atoms with van der Waals surface area (Å²) in [7, 11) is 0. The number of nitrogens with two attached hydrogens (primary N) is 1. The number of thiazole rings is 1. The Morgan fingerprint density at radius 3 is 2.76 bits per heavy atom. The minimum Gasteiger partial charge on any atom is -0.354 e. The number of carbonyl (C=O) groups excluding carboxylic acids is 1. The van der Waals surface area contributed by atoms with Gasteiger partial charge in [0.2, 0.25) is 5.91 Å². The predicted molar refractivity (Wildman–Crippen MR) is 86.3 cm³/mol. The van der Waals surface area contributed by atoms with Crippen LogP contribution in [0.3, 0.4) is 0 Å². The normalized spacial score (nSPS) is 12.1. The van der Waals surface area contributed by atoms with E-state index in [9.17, 15) is 4.79 Å². The van der Waals surface area contributed by atoms with Gasteiger partial charge in [-0.2, -0.15) is 0 Å². The van der Waals surface area contributed by atoms with E-state index in [1.165, 1.54) is 5.56 Å². The number of hydrogen-bond acceptors (Lipinski definition) is 4. The average molecular weight is 303 g/mol. The molecule has 0 saturated carbocycles. The van der Waals surface area contributed by atoms with Crippen LogP contribution in [0.5, 0.6) is 0 Å². The highest BCUT2D eigenvalue weighted by atomic mass is 32.1. The fourth-order valence-electron chi connectivity index (χ4n) is 2.04. The van der Waals surface area contributed by atoms with E-state index in [-0.39, 0.29) is 5.91 Å². The maximum Gasteiger partial charge on any atom is 0.236 e. The van der Waals surface area contributed by atoms with Gasteiger partial charge in [0.25, 0.3) is 0 Å². The van der Waals surface area contributed by atoms with Gasteiger partial charge in [-0.15, -0.1) is 11.3 Å². The molecule has 0 aliphatic heterocycles. The Kier molecular flexibility index (Phi) is 5.90. The van der Waals surface area contributed by atoms with Crippen LogP contribution in [0.1, 0.15) is 22.7 Å². The second-order valence-corrected chi connectivity index (χ2v) is 6.00. The zero-order valence-corrected chi connectivity index (χ0v) is 13.0. The lowest BCUT2D eigenvalue weighted by atomic mass is 10.1. The molecule has 0 saturated heterocycles. The van der Waals surface area contributed by atoms with Crippen molar-refractivity contribution in [3.05, 3.63) is 52.0 Å². The molecule has 4 nitrogen and oxygen atoms in total. The molecule has 0 aliphatic rings. The SMILES string of the molecule is Cc1csc(CCNC(=O)[C@@H](N)CCc2ccccc2)n1. The number of rotatable bonds is 7. The number of hydrogen-bond donors (Lipinski definition) is 2. The number of aromatic nitrogens is 1. The largest absolute Gasteiger partial charge is 0.354 e. The Hall–Kier alpha value is -1.72. The Morgan fingerprint density at radius 1 is 1.33 bits per heavy atom. The number of aryl methyl sites for hydroxylation is 2. The first-order chi connectivity index (χ1) is 10.1. The van der Waals surface area contributed by atoms with E-state index in [4.69, 9.17) is 5.73 Å². The van der Waals surface area contributed by atoms with E-state index < -0.39 is 6.04 Å². The summed E-state index contributed by atoms with van der Waals surface area (Å²) in [5, 5.41) is 5.94. The molecule has 5 heteroatoms. The maximum absolute atomic E-state index is 11.9. The molecule has 0 aliphatic carbocycles. The van der Waals surface area contributed by atoms with Crippen LogP contribution >= 0.6 is 11.3 Å². The Balaban J connectivity index is 1.67. The first-order valence-corrected chi connectivity index (χ1v) is 8.01. The van der Waals surface area contributed by atoms with Crippen molar-refractivity contribution in [2.45, 2.75) is 32.2 Å². The molecule has 2 aromatic rings. The van der Waals surface area contributed by atoms with E-state index in [1.807, 2.05) is 30.5 Å². The quantitative estimate of drug-likeness (QED) is 0.823. The molecule has 0 fully saturated rings. The molecule has 1 heterocycles. The number of carbonyl (C=O) groups is 1. The lowest BCUT2D eigenvalue weighted by Gasteiger charge is -2.11. The monoisotopic (exact) mass is 303 g/mol. The second-order valence-electron chi connectivity index (χ2n) is 5.05. The molecule has 0 radical (unpaired) electrons. The minimum absolute atomic E-state index is 0.0841. The number of nitrogens with one attached hydrogen (secondary N) is 1. The van der Waals surface area contributed by atoms with E-state index in [1.54, 1.807) is 11.3 Å². The molecule has 1 atom stereocenters. The third-order valence-electron chi connectivity index (χ3n) is 3.23. The molecule has 0 unspecified atom stereocenters. The highest BCUT2D eigenvalue weighted by Gasteiger charge is 2.12. The van der Waals surface area contributed by atoms with Crippen molar-refractivity contribution in [2.75, 3.05) is 6.54 Å². The van der Waals surface area contributed by atoms with Crippen LogP contribution in [0.15, 0.2) is 35.7 Å². The zero-order valence-electron chi connectivity index (χ0n) is 12.2. The van der Waals surface area contributed by atoms with E-state index in [2.05, 4.69) is 22.4 Å². The summed E-state index contributed by atoms with van der Waals surface area (Å²) >= 11 is 1.62. The van der Waals surface area contributed by atoms with Crippen LogP contribution in [-0.4, -0.2) is 23.5 Å². The van der Waals surface area contributed by atoms with E-state index in [0.717, 1.165) is 23.5 Å². The molecule has 3 N–H and O–H groups in total. The fourth-order valence-corrected chi connectivity index (χ4v) is 2.82. The Labute approximate surface area is 129 Å². The lowest BCUT2D eigenvalue weighted by molar-refractivity contribution is -0.122. The molecular weight excluding hydrogens is 282 g/mol. The van der Waals surface area contributed by atoms with Crippen LogP contribution in [0.4, 0.5) is 0 Å². The number of nitrogens with zero attached hydrogens (tertiary/aromatic N) is 1. The van der Waals surface area contributed by atoms with Crippen molar-refractivity contribution < 1.29 is 4.79 Å². The average Bonchev–Trinajstić information content (AvgIpc) is 2.91. The molecule has 1 aromatic carbocycles. The van der Waals surface area contributed by atoms with Gasteiger partial charge in [0.05, 0.1) is 11.0 Å². The standard InChI is InChI=1S/C16H21N3OS/c1-12-11-21-15(19-12)9-10-18-16(20)14(17)8-7-13-5-3-2-4-6-13/h2-6,11,14H,7-10,17H2,1H3,(H,18,20)/t14-/m0/s1. The van der Waals surface area contributed by atoms with Crippen molar-refractivity contribution in [1.29, 1.82) is 0 Å². The molecule has 2 rings (SSSR count). The topological polar surface area (TPSA) is 68.0 Å². The van der Waals surface area contributed by atoms with Crippen molar-refractivity contribution in [3.8, 4) is 0 Å². The molecule has 21 heavy (non-hydrogen) atoms. The summed E-state index contributed by atoms with van der Waals surface area (Å²) in [5.41, 5.74) is 8.16. The minimum atomic E-state index is -0.455. The Morgan fingerprint density at radius 2 is 2.10 bits per heavy atom.